The highest BCUT2D eigenvalue weighted by molar-refractivity contribution is 7.86. The first-order valence-electron chi connectivity index (χ1n) is 6.52. The number of allylic oxidation sites excluding steroid dienone is 3. The Morgan fingerprint density at radius 2 is 2.20 bits per heavy atom. The van der Waals surface area contributed by atoms with Crippen molar-refractivity contribution in [2.75, 3.05) is 34.2 Å². The number of nitrogens with zero attached hydrogens (tertiary/aromatic N) is 2. The SMILES string of the molecule is C=C1CCN(C(=O)CNC)/C1=C/C(=C\C)S(=O)N(C)C. The molecule has 112 valence electrons. The summed E-state index contributed by atoms with van der Waals surface area (Å²) >= 11 is 0. The van der Waals surface area contributed by atoms with Crippen LogP contribution in [-0.4, -0.2) is 53.6 Å². The molecule has 20 heavy (non-hydrogen) atoms. The van der Waals surface area contributed by atoms with Gasteiger partial charge in [-0.2, -0.15) is 0 Å². The fourth-order valence-corrected chi connectivity index (χ4v) is 2.79. The first kappa shape index (κ1) is 16.8. The van der Waals surface area contributed by atoms with Gasteiger partial charge in [0.2, 0.25) is 5.91 Å². The quantitative estimate of drug-likeness (QED) is 0.824. The van der Waals surface area contributed by atoms with Crippen LogP contribution < -0.4 is 5.32 Å². The monoisotopic (exact) mass is 297 g/mol. The van der Waals surface area contributed by atoms with Gasteiger partial charge >= 0.3 is 0 Å². The standard InChI is InChI=1S/C14H23N3O2S/c1-6-12(20(19)16(4)5)9-13-11(2)7-8-17(13)14(18)10-15-3/h6,9,15H,2,7-8,10H2,1,3-5H3/b12-6+,13-9+. The molecule has 1 rings (SSSR count). The molecule has 1 aliphatic rings. The van der Waals surface area contributed by atoms with Gasteiger partial charge in [-0.05, 0) is 46.1 Å². The fourth-order valence-electron chi connectivity index (χ4n) is 1.95. The number of rotatable bonds is 5. The van der Waals surface area contributed by atoms with E-state index in [2.05, 4.69) is 11.9 Å². The van der Waals surface area contributed by atoms with Gasteiger partial charge < -0.3 is 10.2 Å². The van der Waals surface area contributed by atoms with Gasteiger partial charge in [0.05, 0.1) is 11.4 Å². The van der Waals surface area contributed by atoms with E-state index in [4.69, 9.17) is 0 Å². The van der Waals surface area contributed by atoms with E-state index in [-0.39, 0.29) is 12.5 Å². The van der Waals surface area contributed by atoms with Crippen LogP contribution in [0.3, 0.4) is 0 Å². The number of carbonyl (C=O) groups is 1. The molecular weight excluding hydrogens is 274 g/mol. The summed E-state index contributed by atoms with van der Waals surface area (Å²) in [5.41, 5.74) is 1.68. The highest BCUT2D eigenvalue weighted by atomic mass is 32.2. The van der Waals surface area contributed by atoms with E-state index in [0.717, 1.165) is 17.7 Å². The molecule has 0 aromatic carbocycles. The van der Waals surface area contributed by atoms with Crippen molar-refractivity contribution in [1.29, 1.82) is 0 Å². The normalized spacial score (nSPS) is 20.1. The maximum absolute atomic E-state index is 12.1. The van der Waals surface area contributed by atoms with Crippen LogP contribution >= 0.6 is 0 Å². The summed E-state index contributed by atoms with van der Waals surface area (Å²) in [5.74, 6) is 0.00323. The van der Waals surface area contributed by atoms with E-state index in [9.17, 15) is 9.00 Å². The molecule has 1 N–H and O–H groups in total. The van der Waals surface area contributed by atoms with E-state index in [1.807, 2.05) is 6.92 Å². The zero-order valence-electron chi connectivity index (χ0n) is 12.6. The van der Waals surface area contributed by atoms with Crippen LogP contribution in [0.4, 0.5) is 0 Å². The molecule has 5 nitrogen and oxygen atoms in total. The van der Waals surface area contributed by atoms with E-state index in [1.54, 1.807) is 42.5 Å². The lowest BCUT2D eigenvalue weighted by Gasteiger charge is -2.19. The molecule has 0 radical (unpaired) electrons. The molecule has 1 unspecified atom stereocenters. The number of nitrogens with one attached hydrogen (secondary N) is 1. The van der Waals surface area contributed by atoms with Crippen LogP contribution in [0.25, 0.3) is 0 Å². The van der Waals surface area contributed by atoms with Gasteiger partial charge in [0.1, 0.15) is 11.0 Å². The van der Waals surface area contributed by atoms with Crippen molar-refractivity contribution in [3.05, 3.63) is 34.9 Å². The van der Waals surface area contributed by atoms with Crippen molar-refractivity contribution in [2.45, 2.75) is 13.3 Å². The van der Waals surface area contributed by atoms with E-state index < -0.39 is 11.0 Å². The lowest BCUT2D eigenvalue weighted by atomic mass is 10.2. The lowest BCUT2D eigenvalue weighted by Crippen LogP contribution is -2.34. The third-order valence-electron chi connectivity index (χ3n) is 3.02. The molecule has 0 spiro atoms. The Morgan fingerprint density at radius 3 is 2.70 bits per heavy atom. The van der Waals surface area contributed by atoms with E-state index in [1.165, 1.54) is 0 Å². The Morgan fingerprint density at radius 1 is 1.55 bits per heavy atom. The molecule has 1 amide bonds. The molecule has 1 aliphatic heterocycles. The molecule has 0 aliphatic carbocycles. The molecule has 1 atom stereocenters. The van der Waals surface area contributed by atoms with Gasteiger partial charge in [-0.15, -0.1) is 0 Å². The Labute approximate surface area is 123 Å². The molecule has 1 saturated heterocycles. The number of hydrogen-bond donors (Lipinski definition) is 1. The fraction of sp³-hybridized carbons (Fsp3) is 0.500. The summed E-state index contributed by atoms with van der Waals surface area (Å²) < 4.78 is 13.8. The number of carbonyl (C=O) groups excluding carboxylic acids is 1. The average molecular weight is 297 g/mol. The van der Waals surface area contributed by atoms with Gasteiger partial charge in [-0.1, -0.05) is 12.7 Å². The third kappa shape index (κ3) is 3.88. The van der Waals surface area contributed by atoms with E-state index in [0.29, 0.717) is 11.4 Å². The minimum Gasteiger partial charge on any atom is -0.311 e. The summed E-state index contributed by atoms with van der Waals surface area (Å²) in [6.07, 6.45) is 4.36. The topological polar surface area (TPSA) is 52.7 Å². The first-order valence-corrected chi connectivity index (χ1v) is 7.63. The Kier molecular flexibility index (Phi) is 6.32. The van der Waals surface area contributed by atoms with E-state index >= 15 is 0 Å². The Balaban J connectivity index is 3.05. The van der Waals surface area contributed by atoms with Crippen molar-refractivity contribution in [1.82, 2.24) is 14.5 Å². The molecular formula is C14H23N3O2S. The zero-order valence-corrected chi connectivity index (χ0v) is 13.4. The van der Waals surface area contributed by atoms with Gasteiger partial charge in [0.15, 0.2) is 0 Å². The van der Waals surface area contributed by atoms with Crippen LogP contribution in [-0.2, 0) is 15.8 Å². The van der Waals surface area contributed by atoms with Crippen molar-refractivity contribution in [2.24, 2.45) is 0 Å². The van der Waals surface area contributed by atoms with Gasteiger partial charge in [-0.25, -0.2) is 8.51 Å². The Bertz CT molecular complexity index is 481. The average Bonchev–Trinajstić information content (AvgIpc) is 2.76. The van der Waals surface area contributed by atoms with Crippen LogP contribution in [0, 0.1) is 0 Å². The van der Waals surface area contributed by atoms with Crippen molar-refractivity contribution >= 4 is 16.9 Å². The molecule has 0 bridgehead atoms. The third-order valence-corrected chi connectivity index (χ3v) is 4.44. The first-order chi connectivity index (χ1) is 9.42. The second-order valence-corrected chi connectivity index (χ2v) is 6.41. The molecule has 0 aromatic heterocycles. The van der Waals surface area contributed by atoms with Gasteiger partial charge in [-0.3, -0.25) is 4.79 Å². The highest BCUT2D eigenvalue weighted by Crippen LogP contribution is 2.27. The van der Waals surface area contributed by atoms with Crippen LogP contribution in [0.15, 0.2) is 34.9 Å². The summed E-state index contributed by atoms with van der Waals surface area (Å²) in [7, 11) is 4.02. The summed E-state index contributed by atoms with van der Waals surface area (Å²) in [6, 6.07) is 0. The molecule has 1 fully saturated rings. The van der Waals surface area contributed by atoms with Crippen molar-refractivity contribution in [3.63, 3.8) is 0 Å². The van der Waals surface area contributed by atoms with Gasteiger partial charge in [0.25, 0.3) is 0 Å². The number of amides is 1. The minimum atomic E-state index is -1.23. The predicted molar refractivity (Wildman–Crippen MR) is 83.1 cm³/mol. The predicted octanol–water partition coefficient (Wildman–Crippen LogP) is 1.01. The molecule has 0 aromatic rings. The summed E-state index contributed by atoms with van der Waals surface area (Å²) in [4.78, 5) is 14.4. The smallest absolute Gasteiger partial charge is 0.240 e. The molecule has 0 saturated carbocycles. The zero-order chi connectivity index (χ0) is 15.3. The molecule has 6 heteroatoms. The maximum atomic E-state index is 12.1. The summed E-state index contributed by atoms with van der Waals surface area (Å²) in [6.45, 7) is 6.76. The lowest BCUT2D eigenvalue weighted by molar-refractivity contribution is -0.127. The molecule has 1 heterocycles. The highest BCUT2D eigenvalue weighted by Gasteiger charge is 2.26. The maximum Gasteiger partial charge on any atom is 0.240 e. The number of likely N-dealkylation sites (tertiary alicyclic amines) is 1. The second kappa shape index (κ2) is 7.52. The van der Waals surface area contributed by atoms with Crippen molar-refractivity contribution < 1.29 is 9.00 Å². The summed E-state index contributed by atoms with van der Waals surface area (Å²) in [5, 5.41) is 2.86. The van der Waals surface area contributed by atoms with Crippen molar-refractivity contribution in [3.8, 4) is 0 Å². The number of likely N-dealkylation sites (N-methyl/N-ethyl adjacent to an activating group) is 1. The van der Waals surface area contributed by atoms with Crippen LogP contribution in [0.5, 0.6) is 0 Å². The van der Waals surface area contributed by atoms with Gasteiger partial charge in [0, 0.05) is 12.2 Å². The minimum absolute atomic E-state index is 0.00323. The number of hydrogen-bond acceptors (Lipinski definition) is 3. The largest absolute Gasteiger partial charge is 0.311 e. The Hall–Kier alpha value is -1.24. The van der Waals surface area contributed by atoms with Crippen LogP contribution in [0.2, 0.25) is 0 Å². The second-order valence-electron chi connectivity index (χ2n) is 4.71. The van der Waals surface area contributed by atoms with Crippen LogP contribution in [0.1, 0.15) is 13.3 Å².